The number of carbonyl (C=O) groups excluding carboxylic acids is 1. The van der Waals surface area contributed by atoms with Crippen molar-refractivity contribution >= 4 is 5.97 Å². The molecule has 1 rings (SSSR count). The van der Waals surface area contributed by atoms with Crippen LogP contribution in [0.2, 0.25) is 0 Å². The largest absolute Gasteiger partial charge is 0.466 e. The van der Waals surface area contributed by atoms with Crippen LogP contribution in [0.4, 0.5) is 0 Å². The van der Waals surface area contributed by atoms with E-state index in [4.69, 9.17) is 9.47 Å². The molecule has 0 atom stereocenters. The van der Waals surface area contributed by atoms with Gasteiger partial charge >= 0.3 is 5.97 Å². The van der Waals surface area contributed by atoms with Gasteiger partial charge < -0.3 is 9.47 Å². The van der Waals surface area contributed by atoms with Crippen molar-refractivity contribution in [3.05, 3.63) is 0 Å². The summed E-state index contributed by atoms with van der Waals surface area (Å²) in [6.07, 6.45) is 0. The lowest BCUT2D eigenvalue weighted by Gasteiger charge is -2.34. The van der Waals surface area contributed by atoms with Gasteiger partial charge in [0.2, 0.25) is 0 Å². The Morgan fingerprint density at radius 3 is 2.56 bits per heavy atom. The van der Waals surface area contributed by atoms with Crippen LogP contribution in [0.3, 0.4) is 0 Å². The summed E-state index contributed by atoms with van der Waals surface area (Å²) in [5.74, 6) is -0.141. The number of ether oxygens (including phenoxy) is 2. The lowest BCUT2D eigenvalue weighted by Crippen LogP contribution is -2.47. The highest BCUT2D eigenvalue weighted by Gasteiger charge is 2.39. The molecule has 4 heteroatoms. The molecule has 16 heavy (non-hydrogen) atoms. The summed E-state index contributed by atoms with van der Waals surface area (Å²) in [6, 6.07) is 0. The lowest BCUT2D eigenvalue weighted by molar-refractivity contribution is -0.155. The van der Waals surface area contributed by atoms with Crippen LogP contribution in [-0.2, 0) is 14.3 Å². The van der Waals surface area contributed by atoms with Crippen molar-refractivity contribution in [3.63, 3.8) is 0 Å². The number of carbonyl (C=O) groups is 1. The Hall–Kier alpha value is -0.610. The smallest absolute Gasteiger partial charge is 0.312 e. The fourth-order valence-corrected chi connectivity index (χ4v) is 1.80. The molecule has 0 aromatic carbocycles. The molecule has 1 aliphatic rings. The van der Waals surface area contributed by atoms with E-state index in [0.717, 1.165) is 0 Å². The fraction of sp³-hybridized carbons (Fsp3) is 0.917. The zero-order valence-corrected chi connectivity index (χ0v) is 11.0. The van der Waals surface area contributed by atoms with Gasteiger partial charge in [-0.25, -0.2) is 0 Å². The van der Waals surface area contributed by atoms with Crippen LogP contribution in [0.1, 0.15) is 34.6 Å². The van der Waals surface area contributed by atoms with Gasteiger partial charge in [-0.1, -0.05) is 0 Å². The van der Waals surface area contributed by atoms with E-state index >= 15 is 0 Å². The summed E-state index contributed by atoms with van der Waals surface area (Å²) in [5, 5.41) is 0. The van der Waals surface area contributed by atoms with Crippen molar-refractivity contribution < 1.29 is 14.3 Å². The SMILES string of the molecule is CCOC(=O)C(C)(C)CN1COCC1(C)C. The fourth-order valence-electron chi connectivity index (χ4n) is 1.80. The molecule has 0 aliphatic carbocycles. The van der Waals surface area contributed by atoms with Crippen LogP contribution in [0.25, 0.3) is 0 Å². The second kappa shape index (κ2) is 4.72. The highest BCUT2D eigenvalue weighted by Crippen LogP contribution is 2.27. The minimum absolute atomic E-state index is 0.00373. The van der Waals surface area contributed by atoms with Crippen LogP contribution < -0.4 is 0 Å². The number of hydrogen-bond acceptors (Lipinski definition) is 4. The van der Waals surface area contributed by atoms with E-state index in [1.165, 1.54) is 0 Å². The summed E-state index contributed by atoms with van der Waals surface area (Å²) in [6.45, 7) is 12.3. The van der Waals surface area contributed by atoms with Crippen LogP contribution in [0.5, 0.6) is 0 Å². The molecule has 0 N–H and O–H groups in total. The Balaban J connectivity index is 2.61. The van der Waals surface area contributed by atoms with E-state index in [1.54, 1.807) is 0 Å². The maximum atomic E-state index is 11.8. The molecule has 0 radical (unpaired) electrons. The highest BCUT2D eigenvalue weighted by atomic mass is 16.5. The van der Waals surface area contributed by atoms with Crippen molar-refractivity contribution in [3.8, 4) is 0 Å². The molecule has 1 heterocycles. The molecule has 0 aromatic rings. The van der Waals surface area contributed by atoms with Gasteiger partial charge in [-0.2, -0.15) is 0 Å². The van der Waals surface area contributed by atoms with Gasteiger partial charge in [0.25, 0.3) is 0 Å². The molecule has 1 fully saturated rings. The maximum absolute atomic E-state index is 11.8. The first kappa shape index (κ1) is 13.5. The summed E-state index contributed by atoms with van der Waals surface area (Å²) in [5.41, 5.74) is -0.481. The maximum Gasteiger partial charge on any atom is 0.312 e. The van der Waals surface area contributed by atoms with E-state index in [-0.39, 0.29) is 11.5 Å². The molecule has 4 nitrogen and oxygen atoms in total. The number of hydrogen-bond donors (Lipinski definition) is 0. The summed E-state index contributed by atoms with van der Waals surface area (Å²) in [7, 11) is 0. The Kier molecular flexibility index (Phi) is 3.97. The summed E-state index contributed by atoms with van der Waals surface area (Å²) >= 11 is 0. The number of rotatable bonds is 4. The molecule has 0 unspecified atom stereocenters. The standard InChI is InChI=1S/C12H23NO3/c1-6-16-10(14)11(2,3)7-13-9-15-8-12(13,4)5/h6-9H2,1-5H3. The third-order valence-electron chi connectivity index (χ3n) is 2.97. The van der Waals surface area contributed by atoms with Crippen LogP contribution in [0, 0.1) is 5.41 Å². The molecule has 0 saturated carbocycles. The quantitative estimate of drug-likeness (QED) is 0.687. The molecule has 94 valence electrons. The van der Waals surface area contributed by atoms with E-state index in [0.29, 0.717) is 26.5 Å². The van der Waals surface area contributed by atoms with Crippen molar-refractivity contribution in [2.75, 3.05) is 26.5 Å². The zero-order valence-electron chi connectivity index (χ0n) is 11.0. The molecule has 0 bridgehead atoms. The molecule has 0 spiro atoms. The predicted molar refractivity (Wildman–Crippen MR) is 62.0 cm³/mol. The molecule has 1 saturated heterocycles. The monoisotopic (exact) mass is 229 g/mol. The molecular formula is C12H23NO3. The van der Waals surface area contributed by atoms with Crippen LogP contribution in [0.15, 0.2) is 0 Å². The van der Waals surface area contributed by atoms with Gasteiger partial charge in [-0.05, 0) is 34.6 Å². The van der Waals surface area contributed by atoms with Crippen LogP contribution >= 0.6 is 0 Å². The minimum Gasteiger partial charge on any atom is -0.466 e. The van der Waals surface area contributed by atoms with Crippen molar-refractivity contribution in [2.45, 2.75) is 40.2 Å². The third kappa shape index (κ3) is 2.95. The zero-order chi connectivity index (χ0) is 12.4. The topological polar surface area (TPSA) is 38.8 Å². The normalized spacial score (nSPS) is 21.1. The van der Waals surface area contributed by atoms with E-state index in [2.05, 4.69) is 18.7 Å². The average molecular weight is 229 g/mol. The molecule has 0 amide bonds. The van der Waals surface area contributed by atoms with Gasteiger partial charge in [0.1, 0.15) is 0 Å². The average Bonchev–Trinajstić information content (AvgIpc) is 2.46. The predicted octanol–water partition coefficient (Wildman–Crippen LogP) is 1.64. The molecular weight excluding hydrogens is 206 g/mol. The summed E-state index contributed by atoms with van der Waals surface area (Å²) < 4.78 is 10.5. The summed E-state index contributed by atoms with van der Waals surface area (Å²) in [4.78, 5) is 14.0. The first-order valence-electron chi connectivity index (χ1n) is 5.79. The van der Waals surface area contributed by atoms with E-state index in [1.807, 2.05) is 20.8 Å². The van der Waals surface area contributed by atoms with Crippen molar-refractivity contribution in [2.24, 2.45) is 5.41 Å². The minimum atomic E-state index is -0.485. The van der Waals surface area contributed by atoms with Crippen molar-refractivity contribution in [1.29, 1.82) is 0 Å². The van der Waals surface area contributed by atoms with Gasteiger partial charge in [-0.3, -0.25) is 9.69 Å². The highest BCUT2D eigenvalue weighted by molar-refractivity contribution is 5.76. The second-order valence-corrected chi connectivity index (χ2v) is 5.59. The van der Waals surface area contributed by atoms with Crippen LogP contribution in [-0.4, -0.2) is 42.9 Å². The molecule has 0 aromatic heterocycles. The van der Waals surface area contributed by atoms with Gasteiger partial charge in [-0.15, -0.1) is 0 Å². The first-order chi connectivity index (χ1) is 7.29. The van der Waals surface area contributed by atoms with Gasteiger partial charge in [0.15, 0.2) is 0 Å². The lowest BCUT2D eigenvalue weighted by atomic mass is 9.91. The Bertz CT molecular complexity index is 261. The Morgan fingerprint density at radius 1 is 1.50 bits per heavy atom. The van der Waals surface area contributed by atoms with Gasteiger partial charge in [0, 0.05) is 12.1 Å². The van der Waals surface area contributed by atoms with E-state index in [9.17, 15) is 4.79 Å². The number of nitrogens with zero attached hydrogens (tertiary/aromatic N) is 1. The van der Waals surface area contributed by atoms with Crippen molar-refractivity contribution in [1.82, 2.24) is 4.90 Å². The third-order valence-corrected chi connectivity index (χ3v) is 2.97. The Labute approximate surface area is 97.9 Å². The first-order valence-corrected chi connectivity index (χ1v) is 5.79. The van der Waals surface area contributed by atoms with Gasteiger partial charge in [0.05, 0.1) is 25.4 Å². The molecule has 1 aliphatic heterocycles. The second-order valence-electron chi connectivity index (χ2n) is 5.59. The van der Waals surface area contributed by atoms with E-state index < -0.39 is 5.41 Å². The number of esters is 1. The Morgan fingerprint density at radius 2 is 2.12 bits per heavy atom.